The monoisotopic (exact) mass is 220 g/mol. The van der Waals surface area contributed by atoms with Crippen LogP contribution in [0.4, 0.5) is 4.39 Å². The molecule has 0 saturated heterocycles. The molecule has 0 aliphatic heterocycles. The maximum absolute atomic E-state index is 13.4. The van der Waals surface area contributed by atoms with Crippen LogP contribution in [0, 0.1) is 12.7 Å². The van der Waals surface area contributed by atoms with Crippen molar-refractivity contribution >= 4 is 0 Å². The van der Waals surface area contributed by atoms with E-state index < -0.39 is 0 Å². The van der Waals surface area contributed by atoms with Gasteiger partial charge < -0.3 is 9.30 Å². The third kappa shape index (κ3) is 2.05. The smallest absolute Gasteiger partial charge is 0.302 e. The fourth-order valence-corrected chi connectivity index (χ4v) is 1.46. The Hall–Kier alpha value is -1.84. The van der Waals surface area contributed by atoms with E-state index in [1.54, 1.807) is 18.2 Å². The topological polar surface area (TPSA) is 27.1 Å². The van der Waals surface area contributed by atoms with Gasteiger partial charge in [-0.2, -0.15) is 0 Å². The Kier molecular flexibility index (Phi) is 2.90. The maximum Gasteiger partial charge on any atom is 0.302 e. The van der Waals surface area contributed by atoms with Crippen LogP contribution in [-0.4, -0.2) is 9.55 Å². The van der Waals surface area contributed by atoms with Gasteiger partial charge in [0.05, 0.1) is 5.69 Å². The molecule has 2 rings (SSSR count). The second-order valence-corrected chi connectivity index (χ2v) is 3.48. The van der Waals surface area contributed by atoms with Crippen molar-refractivity contribution in [3.63, 3.8) is 0 Å². The molecule has 1 aromatic carbocycles. The Bertz CT molecular complexity index is 494. The van der Waals surface area contributed by atoms with Gasteiger partial charge in [-0.05, 0) is 26.0 Å². The van der Waals surface area contributed by atoms with Crippen molar-refractivity contribution in [2.24, 2.45) is 0 Å². The fourth-order valence-electron chi connectivity index (χ4n) is 1.46. The Morgan fingerprint density at radius 3 is 2.81 bits per heavy atom. The summed E-state index contributed by atoms with van der Waals surface area (Å²) in [5, 5.41) is 0. The number of rotatable bonds is 3. The van der Waals surface area contributed by atoms with Gasteiger partial charge in [0.2, 0.25) is 0 Å². The van der Waals surface area contributed by atoms with Crippen LogP contribution in [0.3, 0.4) is 0 Å². The number of aromatic nitrogens is 2. The first-order valence-electron chi connectivity index (χ1n) is 5.17. The zero-order valence-corrected chi connectivity index (χ0v) is 9.27. The molecule has 1 aromatic heterocycles. The third-order valence-corrected chi connectivity index (χ3v) is 2.24. The second kappa shape index (κ2) is 4.35. The van der Waals surface area contributed by atoms with E-state index in [1.807, 2.05) is 24.6 Å². The number of hydrogen-bond acceptors (Lipinski definition) is 2. The Balaban J connectivity index is 2.30. The number of hydrogen-bond donors (Lipinski definition) is 0. The summed E-state index contributed by atoms with van der Waals surface area (Å²) in [7, 11) is 0. The molecular formula is C12H13FN2O. The Morgan fingerprint density at radius 1 is 1.38 bits per heavy atom. The van der Waals surface area contributed by atoms with Gasteiger partial charge in [0.25, 0.3) is 0 Å². The summed E-state index contributed by atoms with van der Waals surface area (Å²) >= 11 is 0. The number of para-hydroxylation sites is 1. The van der Waals surface area contributed by atoms with Gasteiger partial charge in [0.15, 0.2) is 11.6 Å². The van der Waals surface area contributed by atoms with Gasteiger partial charge in [-0.1, -0.05) is 12.1 Å². The first-order chi connectivity index (χ1) is 7.70. The van der Waals surface area contributed by atoms with Gasteiger partial charge in [-0.25, -0.2) is 9.37 Å². The van der Waals surface area contributed by atoms with E-state index in [-0.39, 0.29) is 11.6 Å². The van der Waals surface area contributed by atoms with E-state index in [2.05, 4.69) is 4.98 Å². The molecule has 0 N–H and O–H groups in total. The minimum absolute atomic E-state index is 0.197. The van der Waals surface area contributed by atoms with E-state index in [0.717, 1.165) is 12.2 Å². The quantitative estimate of drug-likeness (QED) is 0.794. The molecule has 1 heterocycles. The van der Waals surface area contributed by atoms with Gasteiger partial charge >= 0.3 is 6.01 Å². The zero-order valence-electron chi connectivity index (χ0n) is 9.27. The predicted molar refractivity (Wildman–Crippen MR) is 59.1 cm³/mol. The molecule has 0 amide bonds. The lowest BCUT2D eigenvalue weighted by molar-refractivity contribution is 0.390. The molecule has 2 aromatic rings. The number of aryl methyl sites for hydroxylation is 2. The van der Waals surface area contributed by atoms with Crippen LogP contribution in [0.25, 0.3) is 0 Å². The van der Waals surface area contributed by atoms with Crippen LogP contribution in [0.5, 0.6) is 11.8 Å². The van der Waals surface area contributed by atoms with Crippen LogP contribution in [-0.2, 0) is 6.54 Å². The number of benzene rings is 1. The lowest BCUT2D eigenvalue weighted by atomic mass is 10.3. The van der Waals surface area contributed by atoms with Crippen LogP contribution in [0.15, 0.2) is 30.5 Å². The van der Waals surface area contributed by atoms with Gasteiger partial charge in [0, 0.05) is 12.7 Å². The summed E-state index contributed by atoms with van der Waals surface area (Å²) in [5.74, 6) is -0.186. The average Bonchev–Trinajstić information content (AvgIpc) is 2.62. The summed E-state index contributed by atoms with van der Waals surface area (Å²) < 4.78 is 20.6. The normalized spacial score (nSPS) is 10.4. The lowest BCUT2D eigenvalue weighted by Crippen LogP contribution is -1.98. The van der Waals surface area contributed by atoms with Crippen LogP contribution >= 0.6 is 0 Å². The Labute approximate surface area is 93.5 Å². The zero-order chi connectivity index (χ0) is 11.5. The lowest BCUT2D eigenvalue weighted by Gasteiger charge is -2.06. The van der Waals surface area contributed by atoms with E-state index in [1.165, 1.54) is 6.07 Å². The van der Waals surface area contributed by atoms with Crippen molar-refractivity contribution in [2.45, 2.75) is 20.4 Å². The average molecular weight is 220 g/mol. The summed E-state index contributed by atoms with van der Waals surface area (Å²) in [6.45, 7) is 4.60. The minimum Gasteiger partial charge on any atom is -0.422 e. The summed E-state index contributed by atoms with van der Waals surface area (Å²) in [4.78, 5) is 4.19. The highest BCUT2D eigenvalue weighted by Gasteiger charge is 2.09. The van der Waals surface area contributed by atoms with Gasteiger partial charge in [-0.3, -0.25) is 0 Å². The standard InChI is InChI=1S/C12H13FN2O/c1-3-15-8-9(2)14-12(15)16-11-7-5-4-6-10(11)13/h4-8H,3H2,1-2H3. The minimum atomic E-state index is -0.384. The molecule has 0 atom stereocenters. The molecule has 0 bridgehead atoms. The van der Waals surface area contributed by atoms with Crippen molar-refractivity contribution in [3.8, 4) is 11.8 Å². The van der Waals surface area contributed by atoms with Gasteiger partial charge in [-0.15, -0.1) is 0 Å². The molecule has 0 radical (unpaired) electrons. The largest absolute Gasteiger partial charge is 0.422 e. The molecule has 4 heteroatoms. The summed E-state index contributed by atoms with van der Waals surface area (Å²) in [5.41, 5.74) is 0.855. The molecule has 84 valence electrons. The molecule has 0 unspecified atom stereocenters. The molecular weight excluding hydrogens is 207 g/mol. The maximum atomic E-state index is 13.4. The van der Waals surface area contributed by atoms with Crippen molar-refractivity contribution in [3.05, 3.63) is 42.0 Å². The first-order valence-corrected chi connectivity index (χ1v) is 5.17. The summed E-state index contributed by atoms with van der Waals surface area (Å²) in [6.07, 6.45) is 1.87. The number of halogens is 1. The number of imidazole rings is 1. The van der Waals surface area contributed by atoms with Gasteiger partial charge in [0.1, 0.15) is 0 Å². The molecule has 16 heavy (non-hydrogen) atoms. The van der Waals surface area contributed by atoms with Crippen molar-refractivity contribution < 1.29 is 9.13 Å². The molecule has 0 fully saturated rings. The van der Waals surface area contributed by atoms with Crippen molar-refractivity contribution in [1.29, 1.82) is 0 Å². The van der Waals surface area contributed by atoms with Crippen LogP contribution in [0.1, 0.15) is 12.6 Å². The fraction of sp³-hybridized carbons (Fsp3) is 0.250. The third-order valence-electron chi connectivity index (χ3n) is 2.24. The van der Waals surface area contributed by atoms with Crippen molar-refractivity contribution in [1.82, 2.24) is 9.55 Å². The Morgan fingerprint density at radius 2 is 2.12 bits per heavy atom. The van der Waals surface area contributed by atoms with E-state index in [4.69, 9.17) is 4.74 Å². The highest BCUT2D eigenvalue weighted by molar-refractivity contribution is 5.27. The van der Waals surface area contributed by atoms with E-state index >= 15 is 0 Å². The molecule has 0 spiro atoms. The summed E-state index contributed by atoms with van der Waals surface area (Å²) in [6, 6.07) is 6.72. The highest BCUT2D eigenvalue weighted by atomic mass is 19.1. The molecule has 0 saturated carbocycles. The predicted octanol–water partition coefficient (Wildman–Crippen LogP) is 3.14. The highest BCUT2D eigenvalue weighted by Crippen LogP contribution is 2.23. The van der Waals surface area contributed by atoms with Crippen LogP contribution in [0.2, 0.25) is 0 Å². The molecule has 3 nitrogen and oxygen atoms in total. The number of ether oxygens (including phenoxy) is 1. The van der Waals surface area contributed by atoms with Crippen LogP contribution < -0.4 is 4.74 Å². The van der Waals surface area contributed by atoms with E-state index in [9.17, 15) is 4.39 Å². The van der Waals surface area contributed by atoms with E-state index in [0.29, 0.717) is 6.01 Å². The molecule has 0 aliphatic rings. The second-order valence-electron chi connectivity index (χ2n) is 3.48. The number of nitrogens with zero attached hydrogens (tertiary/aromatic N) is 2. The van der Waals surface area contributed by atoms with Crippen molar-refractivity contribution in [2.75, 3.05) is 0 Å². The molecule has 0 aliphatic carbocycles. The first kappa shape index (κ1) is 10.7. The SMILES string of the molecule is CCn1cc(C)nc1Oc1ccccc1F.